The largest absolute Gasteiger partial charge is 0.475 e. The Bertz CT molecular complexity index is 606. The third kappa shape index (κ3) is 2.87. The highest BCUT2D eigenvalue weighted by Gasteiger charge is 2.21. The molecule has 0 saturated heterocycles. The Balaban J connectivity index is 1.71. The van der Waals surface area contributed by atoms with E-state index in [1.54, 1.807) is 12.3 Å². The summed E-state index contributed by atoms with van der Waals surface area (Å²) in [5.41, 5.74) is 0.788. The Kier molecular flexibility index (Phi) is 2.86. The summed E-state index contributed by atoms with van der Waals surface area (Å²) in [7, 11) is 0. The third-order valence-corrected chi connectivity index (χ3v) is 2.89. The number of carboxylic acids is 1. The van der Waals surface area contributed by atoms with E-state index in [4.69, 9.17) is 5.11 Å². The molecule has 0 amide bonds. The van der Waals surface area contributed by atoms with Crippen LogP contribution in [0.1, 0.15) is 23.5 Å². The molecule has 2 heterocycles. The van der Waals surface area contributed by atoms with Gasteiger partial charge in [0.1, 0.15) is 5.82 Å². The molecule has 2 aromatic rings. The van der Waals surface area contributed by atoms with Crippen molar-refractivity contribution < 1.29 is 9.90 Å². The van der Waals surface area contributed by atoms with Crippen molar-refractivity contribution in [2.24, 2.45) is 5.92 Å². The van der Waals surface area contributed by atoms with Crippen LogP contribution in [-0.4, -0.2) is 30.8 Å². The summed E-state index contributed by atoms with van der Waals surface area (Å²) in [5.74, 6) is -0.174. The lowest BCUT2D eigenvalue weighted by Crippen LogP contribution is -2.05. The summed E-state index contributed by atoms with van der Waals surface area (Å²) in [6.45, 7) is 0.936. The van der Waals surface area contributed by atoms with E-state index in [2.05, 4.69) is 20.4 Å². The molecule has 98 valence electrons. The van der Waals surface area contributed by atoms with Crippen LogP contribution in [0.3, 0.4) is 0 Å². The lowest BCUT2D eigenvalue weighted by atomic mass is 10.4. The van der Waals surface area contributed by atoms with Crippen LogP contribution in [0, 0.1) is 5.92 Å². The van der Waals surface area contributed by atoms with E-state index in [0.717, 1.165) is 18.2 Å². The first-order valence-electron chi connectivity index (χ1n) is 6.06. The maximum Gasteiger partial charge on any atom is 0.374 e. The summed E-state index contributed by atoms with van der Waals surface area (Å²) >= 11 is 0. The molecule has 1 fully saturated rings. The molecule has 1 aliphatic rings. The Morgan fingerprint density at radius 2 is 2.37 bits per heavy atom. The number of carboxylic acid groups (broad SMARTS) is 1. The fourth-order valence-electron chi connectivity index (χ4n) is 1.77. The normalized spacial score (nSPS) is 14.3. The topological polar surface area (TPSA) is 92.9 Å². The molecule has 19 heavy (non-hydrogen) atoms. The maximum atomic E-state index is 10.8. The molecule has 7 nitrogen and oxygen atoms in total. The quantitative estimate of drug-likeness (QED) is 0.845. The molecular formula is C12H13N5O2. The zero-order valence-corrected chi connectivity index (χ0v) is 10.2. The molecule has 0 aliphatic heterocycles. The fraction of sp³-hybridized carbons (Fsp3) is 0.333. The lowest BCUT2D eigenvalue weighted by Gasteiger charge is -2.02. The van der Waals surface area contributed by atoms with E-state index in [0.29, 0.717) is 5.82 Å². The zero-order chi connectivity index (χ0) is 13.2. The first-order valence-corrected chi connectivity index (χ1v) is 6.06. The fourth-order valence-corrected chi connectivity index (χ4v) is 1.77. The summed E-state index contributed by atoms with van der Waals surface area (Å²) < 4.78 is 1.89. The van der Waals surface area contributed by atoms with Gasteiger partial charge in [0.15, 0.2) is 0 Å². The van der Waals surface area contributed by atoms with Crippen LogP contribution in [0.5, 0.6) is 0 Å². The van der Waals surface area contributed by atoms with Gasteiger partial charge in [0.05, 0.1) is 11.9 Å². The van der Waals surface area contributed by atoms with Gasteiger partial charge in [0, 0.05) is 18.9 Å². The summed E-state index contributed by atoms with van der Waals surface area (Å²) in [4.78, 5) is 18.3. The molecule has 0 spiro atoms. The highest BCUT2D eigenvalue weighted by atomic mass is 16.4. The van der Waals surface area contributed by atoms with Crippen molar-refractivity contribution in [3.63, 3.8) is 0 Å². The number of carbonyl (C=O) groups is 1. The third-order valence-electron chi connectivity index (χ3n) is 2.89. The molecule has 0 radical (unpaired) electrons. The van der Waals surface area contributed by atoms with E-state index in [1.165, 1.54) is 19.0 Å². The number of hydrogen-bond acceptors (Lipinski definition) is 5. The van der Waals surface area contributed by atoms with Crippen LogP contribution in [0.4, 0.5) is 11.5 Å². The second kappa shape index (κ2) is 4.68. The standard InChI is InChI=1S/C12H13N5O2/c18-12(19)11-13-4-3-10(16-11)15-9-5-14-17(7-9)6-8-1-2-8/h3-5,7-8H,1-2,6H2,(H,18,19)(H,13,15,16). The highest BCUT2D eigenvalue weighted by Crippen LogP contribution is 2.30. The van der Waals surface area contributed by atoms with Crippen molar-refractivity contribution in [1.29, 1.82) is 0 Å². The van der Waals surface area contributed by atoms with Gasteiger partial charge in [-0.25, -0.2) is 14.8 Å². The molecule has 7 heteroatoms. The SMILES string of the molecule is O=C(O)c1nccc(Nc2cnn(CC3CC3)c2)n1. The van der Waals surface area contributed by atoms with Crippen LogP contribution < -0.4 is 5.32 Å². The summed E-state index contributed by atoms with van der Waals surface area (Å²) in [6, 6.07) is 1.62. The van der Waals surface area contributed by atoms with E-state index in [-0.39, 0.29) is 5.82 Å². The second-order valence-electron chi connectivity index (χ2n) is 4.59. The van der Waals surface area contributed by atoms with Gasteiger partial charge in [-0.05, 0) is 24.8 Å². The number of aromatic carboxylic acids is 1. The molecule has 2 N–H and O–H groups in total. The van der Waals surface area contributed by atoms with Gasteiger partial charge in [-0.3, -0.25) is 4.68 Å². The molecule has 0 unspecified atom stereocenters. The smallest absolute Gasteiger partial charge is 0.374 e. The predicted molar refractivity (Wildman–Crippen MR) is 67.2 cm³/mol. The minimum Gasteiger partial charge on any atom is -0.475 e. The van der Waals surface area contributed by atoms with E-state index in [1.807, 2.05) is 10.9 Å². The molecule has 0 bridgehead atoms. The number of nitrogens with zero attached hydrogens (tertiary/aromatic N) is 4. The average Bonchev–Trinajstić information content (AvgIpc) is 3.09. The van der Waals surface area contributed by atoms with Gasteiger partial charge in [-0.1, -0.05) is 0 Å². The molecular weight excluding hydrogens is 246 g/mol. The first-order chi connectivity index (χ1) is 9.20. The van der Waals surface area contributed by atoms with E-state index in [9.17, 15) is 4.79 Å². The van der Waals surface area contributed by atoms with Crippen molar-refractivity contribution in [2.45, 2.75) is 19.4 Å². The maximum absolute atomic E-state index is 10.8. The van der Waals surface area contributed by atoms with Gasteiger partial charge in [-0.15, -0.1) is 0 Å². The molecule has 0 atom stereocenters. The summed E-state index contributed by atoms with van der Waals surface area (Å²) in [6.07, 6.45) is 7.55. The van der Waals surface area contributed by atoms with Crippen LogP contribution in [0.15, 0.2) is 24.7 Å². The van der Waals surface area contributed by atoms with Crippen molar-refractivity contribution in [1.82, 2.24) is 19.7 Å². The number of nitrogens with one attached hydrogen (secondary N) is 1. The molecule has 1 saturated carbocycles. The number of rotatable bonds is 5. The van der Waals surface area contributed by atoms with Gasteiger partial charge >= 0.3 is 5.97 Å². The molecule has 2 aromatic heterocycles. The monoisotopic (exact) mass is 259 g/mol. The van der Waals surface area contributed by atoms with Crippen molar-refractivity contribution in [3.8, 4) is 0 Å². The Hall–Kier alpha value is -2.44. The first kappa shape index (κ1) is 11.6. The highest BCUT2D eigenvalue weighted by molar-refractivity contribution is 5.83. The molecule has 1 aliphatic carbocycles. The minimum absolute atomic E-state index is 0.227. The van der Waals surface area contributed by atoms with Crippen LogP contribution in [0.25, 0.3) is 0 Å². The summed E-state index contributed by atoms with van der Waals surface area (Å²) in [5, 5.41) is 16.1. The lowest BCUT2D eigenvalue weighted by molar-refractivity contribution is 0.0683. The Morgan fingerprint density at radius 1 is 1.53 bits per heavy atom. The van der Waals surface area contributed by atoms with E-state index < -0.39 is 5.97 Å². The van der Waals surface area contributed by atoms with Crippen LogP contribution in [-0.2, 0) is 6.54 Å². The zero-order valence-electron chi connectivity index (χ0n) is 10.2. The molecule has 3 rings (SSSR count). The van der Waals surface area contributed by atoms with Crippen molar-refractivity contribution in [2.75, 3.05) is 5.32 Å². The minimum atomic E-state index is -1.15. The van der Waals surface area contributed by atoms with Crippen molar-refractivity contribution >= 4 is 17.5 Å². The molecule has 0 aromatic carbocycles. The Labute approximate surface area is 109 Å². The van der Waals surface area contributed by atoms with Crippen molar-refractivity contribution in [3.05, 3.63) is 30.5 Å². The number of aromatic nitrogens is 4. The average molecular weight is 259 g/mol. The second-order valence-corrected chi connectivity index (χ2v) is 4.59. The number of hydrogen-bond donors (Lipinski definition) is 2. The van der Waals surface area contributed by atoms with E-state index >= 15 is 0 Å². The van der Waals surface area contributed by atoms with Crippen LogP contribution in [0.2, 0.25) is 0 Å². The van der Waals surface area contributed by atoms with Gasteiger partial charge in [-0.2, -0.15) is 5.10 Å². The number of anilines is 2. The predicted octanol–water partition coefficient (Wildman–Crippen LogP) is 1.52. The van der Waals surface area contributed by atoms with Gasteiger partial charge in [0.2, 0.25) is 5.82 Å². The van der Waals surface area contributed by atoms with Gasteiger partial charge in [0.25, 0.3) is 0 Å². The van der Waals surface area contributed by atoms with Crippen LogP contribution >= 0.6 is 0 Å². The van der Waals surface area contributed by atoms with Gasteiger partial charge < -0.3 is 10.4 Å². The Morgan fingerprint density at radius 3 is 3.11 bits per heavy atom.